The van der Waals surface area contributed by atoms with Crippen molar-refractivity contribution in [3.63, 3.8) is 0 Å². The number of rotatable bonds is 2. The van der Waals surface area contributed by atoms with Crippen LogP contribution in [0.15, 0.2) is 18.7 Å². The van der Waals surface area contributed by atoms with E-state index in [1.807, 2.05) is 32.2 Å². The maximum absolute atomic E-state index is 5.95. The van der Waals surface area contributed by atoms with Gasteiger partial charge in [0.2, 0.25) is 0 Å². The number of hydrogen-bond acceptors (Lipinski definition) is 1. The molecule has 0 aliphatic rings. The van der Waals surface area contributed by atoms with Crippen LogP contribution in [0.2, 0.25) is 5.02 Å². The molecule has 0 saturated heterocycles. The molecule has 12 heavy (non-hydrogen) atoms. The number of hydrogen-bond donors (Lipinski definition) is 1. The maximum atomic E-state index is 5.95. The summed E-state index contributed by atoms with van der Waals surface area (Å²) in [5, 5.41) is 3.84. The Morgan fingerprint density at radius 3 is 2.67 bits per heavy atom. The van der Waals surface area contributed by atoms with Crippen molar-refractivity contribution in [3.05, 3.63) is 34.9 Å². The Morgan fingerprint density at radius 2 is 2.17 bits per heavy atom. The van der Waals surface area contributed by atoms with Gasteiger partial charge in [-0.2, -0.15) is 0 Å². The molecule has 0 bridgehead atoms. The fourth-order valence-corrected chi connectivity index (χ4v) is 1.25. The Balaban J connectivity index is 3.28. The summed E-state index contributed by atoms with van der Waals surface area (Å²) in [6.45, 7) is 5.71. The number of nitrogens with one attached hydrogen (secondary N) is 1. The first-order valence-corrected chi connectivity index (χ1v) is 4.17. The molecule has 1 rings (SSSR count). The van der Waals surface area contributed by atoms with Gasteiger partial charge in [-0.15, -0.1) is 0 Å². The van der Waals surface area contributed by atoms with E-state index >= 15 is 0 Å². The molecule has 1 aromatic carbocycles. The van der Waals surface area contributed by atoms with Crippen molar-refractivity contribution in [1.82, 2.24) is 0 Å². The third-order valence-electron chi connectivity index (χ3n) is 1.82. The van der Waals surface area contributed by atoms with E-state index in [0.29, 0.717) is 0 Å². The lowest BCUT2D eigenvalue weighted by Gasteiger charge is -2.07. The van der Waals surface area contributed by atoms with E-state index in [-0.39, 0.29) is 0 Å². The van der Waals surface area contributed by atoms with Gasteiger partial charge in [0.1, 0.15) is 0 Å². The Kier molecular flexibility index (Phi) is 2.77. The Bertz CT molecular complexity index is 305. The fourth-order valence-electron chi connectivity index (χ4n) is 1.09. The minimum absolute atomic E-state index is 0.782. The molecule has 0 spiro atoms. The zero-order valence-corrected chi connectivity index (χ0v) is 8.07. The minimum atomic E-state index is 0.782. The van der Waals surface area contributed by atoms with Crippen LogP contribution in [0.4, 0.5) is 5.69 Å². The van der Waals surface area contributed by atoms with Crippen LogP contribution < -0.4 is 5.32 Å². The van der Waals surface area contributed by atoms with Crippen LogP contribution in [0, 0.1) is 6.92 Å². The molecule has 0 unspecified atom stereocenters. The van der Waals surface area contributed by atoms with Crippen molar-refractivity contribution >= 4 is 23.4 Å². The topological polar surface area (TPSA) is 12.0 Å². The third kappa shape index (κ3) is 1.62. The molecule has 1 nitrogen and oxygen atoms in total. The van der Waals surface area contributed by atoms with Gasteiger partial charge in [-0.1, -0.05) is 24.3 Å². The maximum Gasteiger partial charge on any atom is 0.0456 e. The number of halogens is 1. The average Bonchev–Trinajstić information content (AvgIpc) is 2.09. The summed E-state index contributed by atoms with van der Waals surface area (Å²) in [6, 6.07) is 3.93. The van der Waals surface area contributed by atoms with Gasteiger partial charge >= 0.3 is 0 Å². The second-order valence-electron chi connectivity index (χ2n) is 2.64. The molecular weight excluding hydrogens is 170 g/mol. The van der Waals surface area contributed by atoms with Crippen LogP contribution in [0.25, 0.3) is 6.08 Å². The summed E-state index contributed by atoms with van der Waals surface area (Å²) in [4.78, 5) is 0. The molecule has 0 fully saturated rings. The lowest BCUT2D eigenvalue weighted by molar-refractivity contribution is 1.42. The Hall–Kier alpha value is -0.950. The number of anilines is 1. The van der Waals surface area contributed by atoms with Crippen molar-refractivity contribution in [3.8, 4) is 0 Å². The van der Waals surface area contributed by atoms with Crippen molar-refractivity contribution in [2.45, 2.75) is 6.92 Å². The smallest absolute Gasteiger partial charge is 0.0456 e. The van der Waals surface area contributed by atoms with Gasteiger partial charge in [-0.05, 0) is 30.2 Å². The summed E-state index contributed by atoms with van der Waals surface area (Å²) in [5.74, 6) is 0. The summed E-state index contributed by atoms with van der Waals surface area (Å²) in [6.07, 6.45) is 1.81. The molecule has 0 aliphatic carbocycles. The first-order valence-electron chi connectivity index (χ1n) is 3.79. The highest BCUT2D eigenvalue weighted by Gasteiger charge is 2.01. The van der Waals surface area contributed by atoms with Crippen molar-refractivity contribution in [2.75, 3.05) is 12.4 Å². The van der Waals surface area contributed by atoms with E-state index in [0.717, 1.165) is 21.8 Å². The van der Waals surface area contributed by atoms with Crippen LogP contribution in [0.1, 0.15) is 11.1 Å². The molecule has 0 saturated carbocycles. The van der Waals surface area contributed by atoms with Crippen molar-refractivity contribution in [1.29, 1.82) is 0 Å². The second kappa shape index (κ2) is 3.63. The first kappa shape index (κ1) is 9.14. The highest BCUT2D eigenvalue weighted by molar-refractivity contribution is 6.31. The predicted molar refractivity (Wildman–Crippen MR) is 55.8 cm³/mol. The van der Waals surface area contributed by atoms with Crippen molar-refractivity contribution in [2.24, 2.45) is 0 Å². The zero-order valence-electron chi connectivity index (χ0n) is 7.32. The van der Waals surface area contributed by atoms with Gasteiger partial charge in [0.15, 0.2) is 0 Å². The summed E-state index contributed by atoms with van der Waals surface area (Å²) in [7, 11) is 1.87. The van der Waals surface area contributed by atoms with Crippen LogP contribution in [-0.4, -0.2) is 7.05 Å². The fraction of sp³-hybridized carbons (Fsp3) is 0.200. The quantitative estimate of drug-likeness (QED) is 0.738. The lowest BCUT2D eigenvalue weighted by atomic mass is 10.1. The number of aryl methyl sites for hydroxylation is 1. The second-order valence-corrected chi connectivity index (χ2v) is 3.05. The highest BCUT2D eigenvalue weighted by Crippen LogP contribution is 2.25. The lowest BCUT2D eigenvalue weighted by Crippen LogP contribution is -1.92. The molecule has 0 aromatic heterocycles. The molecule has 2 heteroatoms. The number of benzene rings is 1. The van der Waals surface area contributed by atoms with Gasteiger partial charge in [0.05, 0.1) is 0 Å². The SMILES string of the molecule is C=Cc1cc(C)c(Cl)cc1NC. The summed E-state index contributed by atoms with van der Waals surface area (Å²) < 4.78 is 0. The largest absolute Gasteiger partial charge is 0.388 e. The molecule has 1 N–H and O–H groups in total. The van der Waals surface area contributed by atoms with Gasteiger partial charge in [-0.3, -0.25) is 0 Å². The van der Waals surface area contributed by atoms with Gasteiger partial charge in [0.25, 0.3) is 0 Å². The molecule has 64 valence electrons. The van der Waals surface area contributed by atoms with Gasteiger partial charge in [-0.25, -0.2) is 0 Å². The van der Waals surface area contributed by atoms with Crippen LogP contribution in [0.3, 0.4) is 0 Å². The predicted octanol–water partition coefficient (Wildman–Crippen LogP) is 3.33. The summed E-state index contributed by atoms with van der Waals surface area (Å²) >= 11 is 5.95. The molecule has 1 aromatic rings. The molecule has 0 atom stereocenters. The Labute approximate surface area is 78.1 Å². The van der Waals surface area contributed by atoms with Gasteiger partial charge in [0, 0.05) is 17.8 Å². The van der Waals surface area contributed by atoms with E-state index < -0.39 is 0 Å². The van der Waals surface area contributed by atoms with Crippen molar-refractivity contribution < 1.29 is 0 Å². The molecule has 0 radical (unpaired) electrons. The molecule has 0 aliphatic heterocycles. The van der Waals surface area contributed by atoms with E-state index in [9.17, 15) is 0 Å². The monoisotopic (exact) mass is 181 g/mol. The minimum Gasteiger partial charge on any atom is -0.388 e. The standard InChI is InChI=1S/C10H12ClN/c1-4-8-5-7(2)9(11)6-10(8)12-3/h4-6,12H,1H2,2-3H3. The van der Waals surface area contributed by atoms with E-state index in [1.165, 1.54) is 0 Å². The zero-order chi connectivity index (χ0) is 9.14. The van der Waals surface area contributed by atoms with Crippen LogP contribution in [0.5, 0.6) is 0 Å². The summed E-state index contributed by atoms with van der Waals surface area (Å²) in [5.41, 5.74) is 3.17. The highest BCUT2D eigenvalue weighted by atomic mass is 35.5. The molecule has 0 heterocycles. The van der Waals surface area contributed by atoms with Crippen LogP contribution in [-0.2, 0) is 0 Å². The van der Waals surface area contributed by atoms with E-state index in [2.05, 4.69) is 11.9 Å². The molecular formula is C10H12ClN. The van der Waals surface area contributed by atoms with Gasteiger partial charge < -0.3 is 5.32 Å². The first-order chi connectivity index (χ1) is 5.69. The van der Waals surface area contributed by atoms with E-state index in [1.54, 1.807) is 0 Å². The Morgan fingerprint density at radius 1 is 1.50 bits per heavy atom. The van der Waals surface area contributed by atoms with E-state index in [4.69, 9.17) is 11.6 Å². The third-order valence-corrected chi connectivity index (χ3v) is 2.23. The molecule has 0 amide bonds. The van der Waals surface area contributed by atoms with Crippen LogP contribution >= 0.6 is 11.6 Å². The average molecular weight is 182 g/mol. The normalized spacial score (nSPS) is 9.58.